The topological polar surface area (TPSA) is 74.3 Å². The standard InChI is InChI=1S/C12H19NO6/c1-3-17-10(14)9-8-13(11(15)16-2)5-4-12(9)18-6-7-19-12/h9H,3-8H2,1-2H3. The number of amides is 1. The SMILES string of the molecule is CCOC(=O)C1CN(C(=O)OC)CCC12OCCO2. The van der Waals surface area contributed by atoms with E-state index in [1.807, 2.05) is 0 Å². The summed E-state index contributed by atoms with van der Waals surface area (Å²) in [4.78, 5) is 25.1. The summed E-state index contributed by atoms with van der Waals surface area (Å²) in [6, 6.07) is 0. The number of esters is 1. The van der Waals surface area contributed by atoms with E-state index in [2.05, 4.69) is 4.74 Å². The van der Waals surface area contributed by atoms with Gasteiger partial charge in [-0.2, -0.15) is 0 Å². The molecule has 2 heterocycles. The Balaban J connectivity index is 2.14. The highest BCUT2D eigenvalue weighted by molar-refractivity contribution is 5.76. The average Bonchev–Trinajstić information content (AvgIpc) is 2.87. The normalized spacial score (nSPS) is 25.4. The molecule has 0 saturated carbocycles. The van der Waals surface area contributed by atoms with Gasteiger partial charge in [0.15, 0.2) is 5.79 Å². The summed E-state index contributed by atoms with van der Waals surface area (Å²) in [5.41, 5.74) is 0. The molecule has 0 aliphatic carbocycles. The van der Waals surface area contributed by atoms with Crippen molar-refractivity contribution in [3.8, 4) is 0 Å². The van der Waals surface area contributed by atoms with E-state index in [9.17, 15) is 9.59 Å². The van der Waals surface area contributed by atoms with Crippen LogP contribution < -0.4 is 0 Å². The molecule has 2 saturated heterocycles. The first-order valence-corrected chi connectivity index (χ1v) is 6.40. The van der Waals surface area contributed by atoms with Crippen molar-refractivity contribution in [2.75, 3.05) is 40.0 Å². The molecular weight excluding hydrogens is 254 g/mol. The lowest BCUT2D eigenvalue weighted by atomic mass is 9.90. The molecule has 7 heteroatoms. The number of piperidine rings is 1. The van der Waals surface area contributed by atoms with Crippen molar-refractivity contribution in [1.29, 1.82) is 0 Å². The molecule has 2 rings (SSSR count). The van der Waals surface area contributed by atoms with Crippen molar-refractivity contribution < 1.29 is 28.5 Å². The molecule has 1 amide bonds. The van der Waals surface area contributed by atoms with Gasteiger partial charge in [-0.3, -0.25) is 4.79 Å². The van der Waals surface area contributed by atoms with Gasteiger partial charge in [0.1, 0.15) is 5.92 Å². The zero-order valence-electron chi connectivity index (χ0n) is 11.2. The Hall–Kier alpha value is -1.34. The number of hydrogen-bond acceptors (Lipinski definition) is 6. The van der Waals surface area contributed by atoms with Crippen LogP contribution in [0.1, 0.15) is 13.3 Å². The Morgan fingerprint density at radius 3 is 2.63 bits per heavy atom. The van der Waals surface area contributed by atoms with Gasteiger partial charge in [-0.25, -0.2) is 4.79 Å². The van der Waals surface area contributed by atoms with Crippen molar-refractivity contribution in [2.45, 2.75) is 19.1 Å². The van der Waals surface area contributed by atoms with Gasteiger partial charge in [0, 0.05) is 19.5 Å². The van der Waals surface area contributed by atoms with Crippen LogP contribution >= 0.6 is 0 Å². The molecule has 2 fully saturated rings. The van der Waals surface area contributed by atoms with Crippen LogP contribution in [-0.2, 0) is 23.7 Å². The monoisotopic (exact) mass is 273 g/mol. The minimum absolute atomic E-state index is 0.186. The lowest BCUT2D eigenvalue weighted by molar-refractivity contribution is -0.226. The Morgan fingerprint density at radius 2 is 2.05 bits per heavy atom. The zero-order chi connectivity index (χ0) is 13.9. The molecule has 0 aromatic carbocycles. The summed E-state index contributed by atoms with van der Waals surface area (Å²) < 4.78 is 21.0. The van der Waals surface area contributed by atoms with Gasteiger partial charge in [0.2, 0.25) is 0 Å². The lowest BCUT2D eigenvalue weighted by Crippen LogP contribution is -2.57. The molecule has 0 aromatic heterocycles. The Bertz CT molecular complexity index is 352. The number of carbonyl (C=O) groups excluding carboxylic acids is 2. The third-order valence-electron chi connectivity index (χ3n) is 3.44. The number of hydrogen-bond donors (Lipinski definition) is 0. The largest absolute Gasteiger partial charge is 0.466 e. The third kappa shape index (κ3) is 2.66. The van der Waals surface area contributed by atoms with E-state index in [4.69, 9.17) is 14.2 Å². The first kappa shape index (κ1) is 14.1. The minimum atomic E-state index is -0.948. The third-order valence-corrected chi connectivity index (χ3v) is 3.44. The molecule has 1 spiro atoms. The summed E-state index contributed by atoms with van der Waals surface area (Å²) in [5.74, 6) is -1.99. The van der Waals surface area contributed by atoms with Crippen LogP contribution in [0.4, 0.5) is 4.79 Å². The molecule has 2 aliphatic heterocycles. The van der Waals surface area contributed by atoms with E-state index in [1.54, 1.807) is 6.92 Å². The van der Waals surface area contributed by atoms with E-state index in [0.717, 1.165) is 0 Å². The van der Waals surface area contributed by atoms with Crippen LogP contribution in [0.25, 0.3) is 0 Å². The van der Waals surface area contributed by atoms with E-state index in [-0.39, 0.29) is 13.2 Å². The fourth-order valence-corrected chi connectivity index (χ4v) is 2.52. The van der Waals surface area contributed by atoms with Crippen LogP contribution in [0.15, 0.2) is 0 Å². The number of nitrogens with zero attached hydrogens (tertiary/aromatic N) is 1. The van der Waals surface area contributed by atoms with Crippen LogP contribution in [0, 0.1) is 5.92 Å². The zero-order valence-corrected chi connectivity index (χ0v) is 11.2. The van der Waals surface area contributed by atoms with Gasteiger partial charge in [0.25, 0.3) is 0 Å². The minimum Gasteiger partial charge on any atom is -0.466 e. The lowest BCUT2D eigenvalue weighted by Gasteiger charge is -2.41. The summed E-state index contributed by atoms with van der Waals surface area (Å²) in [6.07, 6.45) is -0.0203. The van der Waals surface area contributed by atoms with Crippen LogP contribution in [0.5, 0.6) is 0 Å². The van der Waals surface area contributed by atoms with Gasteiger partial charge in [-0.15, -0.1) is 0 Å². The summed E-state index contributed by atoms with van der Waals surface area (Å²) in [7, 11) is 1.31. The summed E-state index contributed by atoms with van der Waals surface area (Å²) >= 11 is 0. The first-order valence-electron chi connectivity index (χ1n) is 6.40. The molecule has 0 aromatic rings. The number of carbonyl (C=O) groups is 2. The molecule has 0 bridgehead atoms. The predicted molar refractivity (Wildman–Crippen MR) is 63.4 cm³/mol. The van der Waals surface area contributed by atoms with Gasteiger partial charge in [0.05, 0.1) is 26.9 Å². The molecule has 0 radical (unpaired) electrons. The second-order valence-corrected chi connectivity index (χ2v) is 4.48. The van der Waals surface area contributed by atoms with E-state index < -0.39 is 23.8 Å². The number of ether oxygens (including phenoxy) is 4. The molecule has 7 nitrogen and oxygen atoms in total. The van der Waals surface area contributed by atoms with Crippen molar-refractivity contribution in [2.24, 2.45) is 5.92 Å². The van der Waals surface area contributed by atoms with Crippen molar-refractivity contribution >= 4 is 12.1 Å². The maximum Gasteiger partial charge on any atom is 0.409 e. The smallest absolute Gasteiger partial charge is 0.409 e. The van der Waals surface area contributed by atoms with Crippen molar-refractivity contribution in [1.82, 2.24) is 4.90 Å². The molecular formula is C12H19NO6. The van der Waals surface area contributed by atoms with E-state index in [1.165, 1.54) is 12.0 Å². The maximum absolute atomic E-state index is 12.1. The highest BCUT2D eigenvalue weighted by atomic mass is 16.7. The molecule has 19 heavy (non-hydrogen) atoms. The fourth-order valence-electron chi connectivity index (χ4n) is 2.52. The van der Waals surface area contributed by atoms with Gasteiger partial charge >= 0.3 is 12.1 Å². The van der Waals surface area contributed by atoms with Crippen LogP contribution in [0.3, 0.4) is 0 Å². The predicted octanol–water partition coefficient (Wildman–Crippen LogP) is 0.381. The number of rotatable bonds is 2. The molecule has 1 atom stereocenters. The van der Waals surface area contributed by atoms with Crippen LogP contribution in [-0.4, -0.2) is 62.8 Å². The molecule has 1 unspecified atom stereocenters. The van der Waals surface area contributed by atoms with Crippen molar-refractivity contribution in [3.05, 3.63) is 0 Å². The highest BCUT2D eigenvalue weighted by Gasteiger charge is 2.53. The Kier molecular flexibility index (Phi) is 4.26. The summed E-state index contributed by atoms with van der Waals surface area (Å²) in [5, 5.41) is 0. The highest BCUT2D eigenvalue weighted by Crippen LogP contribution is 2.37. The van der Waals surface area contributed by atoms with Gasteiger partial charge in [-0.05, 0) is 6.92 Å². The Labute approximate surface area is 111 Å². The first-order chi connectivity index (χ1) is 9.13. The second kappa shape index (κ2) is 5.75. The average molecular weight is 273 g/mol. The molecule has 0 N–H and O–H groups in total. The van der Waals surface area contributed by atoms with Crippen molar-refractivity contribution in [3.63, 3.8) is 0 Å². The van der Waals surface area contributed by atoms with Crippen LogP contribution in [0.2, 0.25) is 0 Å². The van der Waals surface area contributed by atoms with E-state index in [0.29, 0.717) is 26.2 Å². The quantitative estimate of drug-likeness (QED) is 0.677. The maximum atomic E-state index is 12.1. The second-order valence-electron chi connectivity index (χ2n) is 4.48. The number of methoxy groups -OCH3 is 1. The molecule has 2 aliphatic rings. The summed E-state index contributed by atoms with van der Waals surface area (Å²) in [6.45, 7) is 3.54. The van der Waals surface area contributed by atoms with Gasteiger partial charge < -0.3 is 23.8 Å². The van der Waals surface area contributed by atoms with E-state index >= 15 is 0 Å². The van der Waals surface area contributed by atoms with Gasteiger partial charge in [-0.1, -0.05) is 0 Å². The number of likely N-dealkylation sites (tertiary alicyclic amines) is 1. The Morgan fingerprint density at radius 1 is 1.37 bits per heavy atom. The molecule has 108 valence electrons. The fraction of sp³-hybridized carbons (Fsp3) is 0.833.